The molecule has 0 unspecified atom stereocenters. The average molecular weight is 1230 g/mol. The third kappa shape index (κ3) is 15.6. The van der Waals surface area contributed by atoms with E-state index in [0.717, 1.165) is 56.8 Å². The van der Waals surface area contributed by atoms with Gasteiger partial charge in [0.15, 0.2) is 5.78 Å². The van der Waals surface area contributed by atoms with Crippen LogP contribution in [0.2, 0.25) is 0 Å². The largest absolute Gasteiger partial charge is 0.396 e. The lowest BCUT2D eigenvalue weighted by molar-refractivity contribution is -0.146. The van der Waals surface area contributed by atoms with Crippen LogP contribution in [0.25, 0.3) is 21.3 Å². The van der Waals surface area contributed by atoms with Crippen LogP contribution in [0.1, 0.15) is 133 Å². The number of nitrogens with one attached hydrogen (secondary N) is 3. The molecule has 3 aliphatic heterocycles. The molecule has 6 atom stereocenters. The van der Waals surface area contributed by atoms with Gasteiger partial charge in [-0.15, -0.1) is 11.3 Å². The number of aromatic nitrogens is 2. The number of rotatable bonds is 26. The fourth-order valence-electron chi connectivity index (χ4n) is 12.3. The van der Waals surface area contributed by atoms with E-state index in [0.29, 0.717) is 55.4 Å². The number of H-pyrrole nitrogens is 1. The Balaban J connectivity index is 0.750. The fraction of sp³-hybridized carbons (Fsp3) is 0.431. The number of ketones is 2. The number of para-hydroxylation sites is 1. The maximum absolute atomic E-state index is 14.6. The number of aliphatic hydroxyl groups excluding tert-OH is 1. The molecule has 22 heteroatoms. The predicted molar refractivity (Wildman–Crippen MR) is 330 cm³/mol. The van der Waals surface area contributed by atoms with Gasteiger partial charge in [0.2, 0.25) is 29.5 Å². The van der Waals surface area contributed by atoms with Crippen molar-refractivity contribution in [2.45, 2.75) is 142 Å². The number of thiazole rings is 1. The second-order valence-corrected chi connectivity index (χ2v) is 27.1. The summed E-state index contributed by atoms with van der Waals surface area (Å²) in [6.45, 7) is 8.86. The molecule has 1 fully saturated rings. The van der Waals surface area contributed by atoms with Crippen molar-refractivity contribution in [2.24, 2.45) is 23.0 Å². The van der Waals surface area contributed by atoms with Gasteiger partial charge in [0.05, 0.1) is 33.6 Å². The Morgan fingerprint density at radius 1 is 0.897 bits per heavy atom. The van der Waals surface area contributed by atoms with E-state index in [4.69, 9.17) is 5.73 Å². The second-order valence-electron chi connectivity index (χ2n) is 24.7. The number of unbranched alkanes of at least 4 members (excludes halogenated alkanes) is 1. The third-order valence-electron chi connectivity index (χ3n) is 17.0. The number of likely N-dealkylation sites (N-methyl/N-ethyl adjacent to an activating group) is 1. The Hall–Kier alpha value is -7.52. The second kappa shape index (κ2) is 27.3. The highest BCUT2D eigenvalue weighted by molar-refractivity contribution is 7.70. The van der Waals surface area contributed by atoms with Gasteiger partial charge >= 0.3 is 7.60 Å². The molecular weight excluding hydrogens is 1150 g/mol. The van der Waals surface area contributed by atoms with Gasteiger partial charge in [0.25, 0.3) is 5.52 Å². The summed E-state index contributed by atoms with van der Waals surface area (Å²) in [5, 5.41) is 17.2. The van der Waals surface area contributed by atoms with Crippen LogP contribution in [0.3, 0.4) is 0 Å². The zero-order valence-corrected chi connectivity index (χ0v) is 51.5. The number of aliphatic hydroxyl groups is 1. The zero-order chi connectivity index (χ0) is 62.5. The lowest BCUT2D eigenvalue weighted by atomic mass is 9.76. The average Bonchev–Trinajstić information content (AvgIpc) is 1.71. The molecule has 9 rings (SSSR count). The van der Waals surface area contributed by atoms with Gasteiger partial charge < -0.3 is 46.0 Å². The highest BCUT2D eigenvalue weighted by Gasteiger charge is 2.46. The Bertz CT molecular complexity index is 3630. The zero-order valence-electron chi connectivity index (χ0n) is 49.8. The number of likely N-dealkylation sites (tertiary alicyclic amines) is 1. The molecule has 460 valence electrons. The third-order valence-corrected chi connectivity index (χ3v) is 18.8. The minimum atomic E-state index is -5.04. The summed E-state index contributed by atoms with van der Waals surface area (Å²) in [6, 6.07) is 25.0. The minimum absolute atomic E-state index is 0.0160. The van der Waals surface area contributed by atoms with Crippen LogP contribution in [0.4, 0.5) is 5.69 Å². The number of carbonyl (C=O) groups excluding carboxylic acids is 8. The van der Waals surface area contributed by atoms with Gasteiger partial charge in [0.1, 0.15) is 17.9 Å². The summed E-state index contributed by atoms with van der Waals surface area (Å²) >= 11 is 1.57. The van der Waals surface area contributed by atoms with Crippen LogP contribution in [0.5, 0.6) is 0 Å². The summed E-state index contributed by atoms with van der Waals surface area (Å²) in [7, 11) is -3.13. The molecule has 6 aromatic rings. The van der Waals surface area contributed by atoms with Crippen molar-refractivity contribution in [3.63, 3.8) is 0 Å². The summed E-state index contributed by atoms with van der Waals surface area (Å²) in [5.74, 6) is -3.84. The molecule has 0 radical (unpaired) electrons. The molecule has 0 spiro atoms. The van der Waals surface area contributed by atoms with Gasteiger partial charge in [-0.1, -0.05) is 87.5 Å². The molecular formula is C65H77N8O12PS. The maximum Gasteiger partial charge on any atom is 0.396 e. The van der Waals surface area contributed by atoms with Gasteiger partial charge in [0, 0.05) is 99.0 Å². The molecule has 2 aromatic heterocycles. The van der Waals surface area contributed by atoms with Gasteiger partial charge in [-0.3, -0.25) is 47.8 Å². The van der Waals surface area contributed by atoms with Crippen LogP contribution in [-0.4, -0.2) is 126 Å². The minimum Gasteiger partial charge on any atom is -0.391 e. The van der Waals surface area contributed by atoms with E-state index in [2.05, 4.69) is 20.6 Å². The molecule has 0 saturated carbocycles. The van der Waals surface area contributed by atoms with Crippen LogP contribution in [-0.2, 0) is 65.7 Å². The van der Waals surface area contributed by atoms with E-state index in [1.165, 1.54) is 34.1 Å². The number of aryl methyl sites for hydroxylation is 3. The van der Waals surface area contributed by atoms with Crippen LogP contribution in [0, 0.1) is 24.2 Å². The Labute approximate surface area is 509 Å². The first-order chi connectivity index (χ1) is 41.3. The smallest absolute Gasteiger partial charge is 0.391 e. The van der Waals surface area contributed by atoms with Gasteiger partial charge in [-0.05, 0) is 116 Å². The van der Waals surface area contributed by atoms with E-state index in [9.17, 15) is 57.8 Å². The first-order valence-electron chi connectivity index (χ1n) is 29.6. The predicted octanol–water partition coefficient (Wildman–Crippen LogP) is 7.51. The molecule has 87 heavy (non-hydrogen) atoms. The SMILES string of the molecule is Cc1ncsc1-c1ccc(CNC(=O)[C@@H]2C[C@@H](O)CN2C(=O)[C@@H](CC(=O)CCCCc2ccc(CN(C)C[C@H](CCC(N)=O)NC(=O)[C@@H]3Cc4cccc5c4N3C(=O)[C@@H](CC(=O)c3cc4cc(C(=O)P(=O)(O)O)ccc4[nH]3)CC5)cc2)C(C)(C)C)cc1. The van der Waals surface area contributed by atoms with E-state index < -0.39 is 66.4 Å². The molecule has 8 N–H and O–H groups in total. The van der Waals surface area contributed by atoms with E-state index in [1.807, 2.05) is 112 Å². The van der Waals surface area contributed by atoms with Crippen molar-refractivity contribution in [3.05, 3.63) is 141 Å². The Kier molecular flexibility index (Phi) is 20.0. The van der Waals surface area contributed by atoms with Gasteiger partial charge in [-0.25, -0.2) is 4.98 Å². The number of carbonyl (C=O) groups is 8. The fourth-order valence-corrected chi connectivity index (χ4v) is 13.6. The number of hydrogen-bond donors (Lipinski definition) is 7. The molecule has 3 aliphatic rings. The maximum atomic E-state index is 14.6. The van der Waals surface area contributed by atoms with Crippen molar-refractivity contribution in [1.29, 1.82) is 0 Å². The number of fused-ring (bicyclic) bond motifs is 1. The van der Waals surface area contributed by atoms with Crippen molar-refractivity contribution >= 4 is 82.1 Å². The number of nitrogens with zero attached hydrogens (tertiary/aromatic N) is 4. The van der Waals surface area contributed by atoms with Gasteiger partial charge in [-0.2, -0.15) is 0 Å². The van der Waals surface area contributed by atoms with Crippen molar-refractivity contribution in [2.75, 3.05) is 25.0 Å². The molecule has 4 aromatic carbocycles. The monoisotopic (exact) mass is 1220 g/mol. The first kappa shape index (κ1) is 64.0. The number of aromatic amines is 1. The number of nitrogens with two attached hydrogens (primary N) is 1. The van der Waals surface area contributed by atoms with Crippen molar-refractivity contribution in [1.82, 2.24) is 30.4 Å². The van der Waals surface area contributed by atoms with E-state index in [1.54, 1.807) is 11.3 Å². The normalized spacial score (nSPS) is 18.3. The number of primary amides is 1. The van der Waals surface area contributed by atoms with Crippen LogP contribution < -0.4 is 21.3 Å². The molecule has 5 amide bonds. The summed E-state index contributed by atoms with van der Waals surface area (Å²) in [4.78, 5) is 141. The molecule has 5 heterocycles. The van der Waals surface area contributed by atoms with Crippen LogP contribution in [0.15, 0.2) is 96.5 Å². The van der Waals surface area contributed by atoms with E-state index in [-0.39, 0.29) is 92.2 Å². The van der Waals surface area contributed by atoms with Crippen LogP contribution >= 0.6 is 18.9 Å². The summed E-state index contributed by atoms with van der Waals surface area (Å²) < 4.78 is 11.6. The highest BCUT2D eigenvalue weighted by atomic mass is 32.1. The lowest BCUT2D eigenvalue weighted by Gasteiger charge is -2.34. The number of β-amino-alcohol motifs (C(OH)–C–C–N with tert-alkyl or cyclic N) is 1. The van der Waals surface area contributed by atoms with Crippen molar-refractivity contribution in [3.8, 4) is 10.4 Å². The molecule has 1 saturated heterocycles. The highest BCUT2D eigenvalue weighted by Crippen LogP contribution is 2.43. The standard InChI is InChI=1S/C65H77N8O12PS/c1-38-59(87-37-68-38)43-19-17-40(18-20-43)33-67-60(78)54-32-50(75)36-72(54)63(81)51(65(2,3)4)31-49(74)12-7-6-9-39-13-15-41(16-14-39)34-71(5)35-48(24-26-57(66)77)69-61(79)55-29-44-11-8-10-42-21-22-45(62(80)73(55)58(42)44)30-56(76)53-28-47-27-46(23-25-52(47)70-53)64(82)86(83,84)85/h8,10-11,13-20,23,25,27-28,37,45,48,50-51,54-55,70,75H,6-7,9,12,21-22,24,26,29-36H2,1-5H3,(H2,66,77)(H,67,78)(H,69,79)(H2,83,84,85)/t45-,48+,50-,51-,54+,55+/m1/s1. The lowest BCUT2D eigenvalue weighted by Crippen LogP contribution is -2.53. The number of benzene rings is 4. The Morgan fingerprint density at radius 2 is 1.61 bits per heavy atom. The topological polar surface area (TPSA) is 303 Å². The molecule has 0 aliphatic carbocycles. The number of hydrogen-bond acceptors (Lipinski definition) is 13. The number of Topliss-reactive ketones (excluding diaryl/α,β-unsaturated/α-hetero) is 2. The summed E-state index contributed by atoms with van der Waals surface area (Å²) in [5.41, 5.74) is 13.3. The van der Waals surface area contributed by atoms with E-state index >= 15 is 0 Å². The number of amides is 5. The molecule has 0 bridgehead atoms. The van der Waals surface area contributed by atoms with Crippen molar-refractivity contribution < 1.29 is 57.8 Å². The number of anilines is 1. The first-order valence-corrected chi connectivity index (χ1v) is 32.1. The summed E-state index contributed by atoms with van der Waals surface area (Å²) in [6.07, 6.45) is 2.84. The Morgan fingerprint density at radius 3 is 2.30 bits per heavy atom. The quantitative estimate of drug-likeness (QED) is 0.0157. The molecule has 20 nitrogen and oxygen atoms in total.